The minimum Gasteiger partial charge on any atom is -0.412 e. The van der Waals surface area contributed by atoms with Crippen LogP contribution in [0.1, 0.15) is 70.6 Å². The SMILES string of the molecule is NCCC1CC(O)CCC1/C=C/C1CC(O)CC(/C=C/C2CCC(O)CC2CCN)C1.O.O.O. The van der Waals surface area contributed by atoms with E-state index in [1.54, 1.807) is 0 Å². The van der Waals surface area contributed by atoms with Crippen LogP contribution in [0.3, 0.4) is 0 Å². The summed E-state index contributed by atoms with van der Waals surface area (Å²) in [6, 6.07) is 0. The number of hydrogen-bond acceptors (Lipinski definition) is 5. The lowest BCUT2D eigenvalue weighted by molar-refractivity contribution is 0.0780. The lowest BCUT2D eigenvalue weighted by Crippen LogP contribution is -2.29. The quantitative estimate of drug-likeness (QED) is 0.311. The van der Waals surface area contributed by atoms with Crippen molar-refractivity contribution in [1.82, 2.24) is 0 Å². The smallest absolute Gasteiger partial charge is 0.0551 e. The molecule has 3 rings (SSSR count). The third kappa shape index (κ3) is 10.0. The first kappa shape index (κ1) is 33.2. The van der Waals surface area contributed by atoms with Crippen molar-refractivity contribution in [3.8, 4) is 0 Å². The van der Waals surface area contributed by atoms with Gasteiger partial charge >= 0.3 is 0 Å². The molecule has 0 spiro atoms. The first-order chi connectivity index (χ1) is 15.0. The minimum absolute atomic E-state index is 0. The zero-order chi connectivity index (χ0) is 22.2. The Bertz CT molecular complexity index is 542. The van der Waals surface area contributed by atoms with E-state index in [1.165, 1.54) is 0 Å². The molecule has 0 aliphatic heterocycles. The van der Waals surface area contributed by atoms with Crippen molar-refractivity contribution in [2.45, 2.75) is 88.9 Å². The van der Waals surface area contributed by atoms with E-state index in [4.69, 9.17) is 11.5 Å². The van der Waals surface area contributed by atoms with Crippen LogP contribution in [0.15, 0.2) is 24.3 Å². The van der Waals surface area contributed by atoms with E-state index in [2.05, 4.69) is 24.3 Å². The molecule has 0 saturated heterocycles. The van der Waals surface area contributed by atoms with Gasteiger partial charge in [-0.25, -0.2) is 0 Å². The second-order valence-electron chi connectivity index (χ2n) is 10.6. The van der Waals surface area contributed by atoms with Crippen LogP contribution in [0.5, 0.6) is 0 Å². The fraction of sp³-hybridized carbons (Fsp3) is 0.846. The molecule has 3 aliphatic carbocycles. The fourth-order valence-corrected chi connectivity index (χ4v) is 6.41. The number of aliphatic hydroxyl groups is 3. The average molecular weight is 489 g/mol. The van der Waals surface area contributed by atoms with Gasteiger partial charge in [-0.1, -0.05) is 24.3 Å². The molecule has 0 aromatic heterocycles. The van der Waals surface area contributed by atoms with Crippen molar-refractivity contribution >= 4 is 0 Å². The molecule has 13 N–H and O–H groups in total. The Labute approximate surface area is 205 Å². The predicted molar refractivity (Wildman–Crippen MR) is 137 cm³/mol. The Morgan fingerprint density at radius 3 is 1.32 bits per heavy atom. The lowest BCUT2D eigenvalue weighted by Gasteiger charge is -2.34. The second kappa shape index (κ2) is 16.8. The van der Waals surface area contributed by atoms with Gasteiger partial charge in [0.05, 0.1) is 18.3 Å². The Kier molecular flexibility index (Phi) is 16.3. The van der Waals surface area contributed by atoms with Crippen LogP contribution in [0, 0.1) is 35.5 Å². The third-order valence-electron chi connectivity index (χ3n) is 8.12. The van der Waals surface area contributed by atoms with Gasteiger partial charge in [0, 0.05) is 0 Å². The van der Waals surface area contributed by atoms with E-state index in [0.717, 1.165) is 70.6 Å². The summed E-state index contributed by atoms with van der Waals surface area (Å²) in [6.07, 6.45) is 19.2. The van der Waals surface area contributed by atoms with E-state index in [-0.39, 0.29) is 34.7 Å². The van der Waals surface area contributed by atoms with E-state index < -0.39 is 0 Å². The number of aliphatic hydroxyl groups excluding tert-OH is 3. The van der Waals surface area contributed by atoms with Gasteiger partial charge in [0.2, 0.25) is 0 Å². The molecule has 34 heavy (non-hydrogen) atoms. The summed E-state index contributed by atoms with van der Waals surface area (Å²) < 4.78 is 0. The maximum absolute atomic E-state index is 10.5. The highest BCUT2D eigenvalue weighted by atomic mass is 16.3. The number of hydrogen-bond donors (Lipinski definition) is 5. The summed E-state index contributed by atoms with van der Waals surface area (Å²) in [5, 5.41) is 30.5. The Balaban J connectivity index is 0.00000363. The maximum Gasteiger partial charge on any atom is 0.0551 e. The largest absolute Gasteiger partial charge is 0.412 e. The normalized spacial score (nSPS) is 38.7. The molecule has 0 aromatic carbocycles. The zero-order valence-electron chi connectivity index (χ0n) is 20.7. The van der Waals surface area contributed by atoms with Gasteiger partial charge in [-0.15, -0.1) is 0 Å². The monoisotopic (exact) mass is 488 g/mol. The van der Waals surface area contributed by atoms with Gasteiger partial charge in [-0.05, 0) is 119 Å². The molecule has 3 fully saturated rings. The van der Waals surface area contributed by atoms with Gasteiger partial charge in [0.15, 0.2) is 0 Å². The fourth-order valence-electron chi connectivity index (χ4n) is 6.41. The van der Waals surface area contributed by atoms with Crippen molar-refractivity contribution in [3.63, 3.8) is 0 Å². The maximum atomic E-state index is 10.5. The average Bonchev–Trinajstić information content (AvgIpc) is 2.73. The summed E-state index contributed by atoms with van der Waals surface area (Å²) in [5.41, 5.74) is 11.6. The van der Waals surface area contributed by atoms with Crippen LogP contribution < -0.4 is 11.5 Å². The van der Waals surface area contributed by atoms with Crippen molar-refractivity contribution in [1.29, 1.82) is 0 Å². The van der Waals surface area contributed by atoms with Gasteiger partial charge in [-0.3, -0.25) is 0 Å². The highest BCUT2D eigenvalue weighted by Crippen LogP contribution is 2.37. The Morgan fingerprint density at radius 1 is 0.529 bits per heavy atom. The Morgan fingerprint density at radius 2 is 0.941 bits per heavy atom. The van der Waals surface area contributed by atoms with Crippen LogP contribution in [-0.4, -0.2) is 63.1 Å². The van der Waals surface area contributed by atoms with E-state index in [1.807, 2.05) is 0 Å². The minimum atomic E-state index is -0.237. The summed E-state index contributed by atoms with van der Waals surface area (Å²) in [4.78, 5) is 0. The van der Waals surface area contributed by atoms with Crippen molar-refractivity contribution in [3.05, 3.63) is 24.3 Å². The first-order valence-electron chi connectivity index (χ1n) is 12.8. The zero-order valence-corrected chi connectivity index (χ0v) is 20.7. The molecule has 3 saturated carbocycles. The molecule has 0 aromatic rings. The number of allylic oxidation sites excluding steroid dienone is 4. The Hall–Kier alpha value is -0.840. The van der Waals surface area contributed by atoms with Crippen molar-refractivity contribution in [2.75, 3.05) is 13.1 Å². The van der Waals surface area contributed by atoms with E-state index >= 15 is 0 Å². The summed E-state index contributed by atoms with van der Waals surface area (Å²) in [7, 11) is 0. The van der Waals surface area contributed by atoms with Crippen LogP contribution >= 0.6 is 0 Å². The number of rotatable bonds is 8. The van der Waals surface area contributed by atoms with Crippen LogP contribution in [0.4, 0.5) is 0 Å². The molecule has 0 radical (unpaired) electrons. The molecule has 0 bridgehead atoms. The van der Waals surface area contributed by atoms with Gasteiger partial charge < -0.3 is 43.2 Å². The molecule has 8 unspecified atom stereocenters. The lowest BCUT2D eigenvalue weighted by atomic mass is 9.73. The van der Waals surface area contributed by atoms with Gasteiger partial charge in [-0.2, -0.15) is 0 Å². The molecule has 0 amide bonds. The van der Waals surface area contributed by atoms with Gasteiger partial charge in [0.25, 0.3) is 0 Å². The highest BCUT2D eigenvalue weighted by molar-refractivity contribution is 5.04. The topological polar surface area (TPSA) is 207 Å². The van der Waals surface area contributed by atoms with E-state index in [0.29, 0.717) is 48.6 Å². The van der Waals surface area contributed by atoms with Crippen LogP contribution in [-0.2, 0) is 0 Å². The van der Waals surface area contributed by atoms with Crippen molar-refractivity contribution in [2.24, 2.45) is 47.0 Å². The first-order valence-corrected chi connectivity index (χ1v) is 12.8. The molecule has 8 atom stereocenters. The molecule has 8 nitrogen and oxygen atoms in total. The molecular weight excluding hydrogens is 436 g/mol. The predicted octanol–water partition coefficient (Wildman–Crippen LogP) is 0.654. The molecule has 0 heterocycles. The molecule has 8 heteroatoms. The summed E-state index contributed by atoms with van der Waals surface area (Å²) >= 11 is 0. The highest BCUT2D eigenvalue weighted by Gasteiger charge is 2.30. The summed E-state index contributed by atoms with van der Waals surface area (Å²) in [5.74, 6) is 2.80. The summed E-state index contributed by atoms with van der Waals surface area (Å²) in [6.45, 7) is 1.36. The number of nitrogens with two attached hydrogens (primary N) is 2. The third-order valence-corrected chi connectivity index (χ3v) is 8.12. The second-order valence-corrected chi connectivity index (χ2v) is 10.6. The van der Waals surface area contributed by atoms with E-state index in [9.17, 15) is 15.3 Å². The molecular formula is C26H52N2O6. The van der Waals surface area contributed by atoms with Crippen molar-refractivity contribution < 1.29 is 31.7 Å². The molecule has 3 aliphatic rings. The molecule has 202 valence electrons. The van der Waals surface area contributed by atoms with Crippen LogP contribution in [0.2, 0.25) is 0 Å². The van der Waals surface area contributed by atoms with Crippen LogP contribution in [0.25, 0.3) is 0 Å². The standard InChI is InChI=1S/C26H46N2O3.3H2O/c27-11-9-22-16-24(29)7-5-20(22)3-1-18-13-19(15-26(31)14-18)2-4-21-6-8-25(30)17-23(21)10-12-28;;;/h1-4,18-26,29-31H,5-17,27-28H2;3*1H2/b3-1+,4-2+;;;. The van der Waals surface area contributed by atoms with Gasteiger partial charge in [0.1, 0.15) is 0 Å².